The van der Waals surface area contributed by atoms with Crippen LogP contribution in [0.25, 0.3) is 5.69 Å². The first kappa shape index (κ1) is 16.1. The third kappa shape index (κ3) is 5.23. The summed E-state index contributed by atoms with van der Waals surface area (Å²) in [5, 5.41) is 13.8. The van der Waals surface area contributed by atoms with E-state index in [0.717, 1.165) is 11.3 Å². The number of rotatable bonds is 9. The van der Waals surface area contributed by atoms with Gasteiger partial charge in [-0.1, -0.05) is 12.1 Å². The average molecular weight is 305 g/mol. The number of aromatic nitrogens is 4. The Morgan fingerprint density at radius 2 is 2.05 bits per heavy atom. The van der Waals surface area contributed by atoms with Gasteiger partial charge in [0.05, 0.1) is 31.9 Å². The van der Waals surface area contributed by atoms with Crippen LogP contribution in [0.15, 0.2) is 30.6 Å². The summed E-state index contributed by atoms with van der Waals surface area (Å²) < 4.78 is 11.7. The van der Waals surface area contributed by atoms with Crippen molar-refractivity contribution in [3.63, 3.8) is 0 Å². The van der Waals surface area contributed by atoms with Crippen LogP contribution in [0, 0.1) is 0 Å². The molecule has 1 amide bonds. The molecule has 2 rings (SSSR count). The zero-order valence-electron chi connectivity index (χ0n) is 12.4. The quantitative estimate of drug-likeness (QED) is 0.655. The van der Waals surface area contributed by atoms with Gasteiger partial charge in [-0.25, -0.2) is 4.68 Å². The van der Waals surface area contributed by atoms with Gasteiger partial charge >= 0.3 is 0 Å². The summed E-state index contributed by atoms with van der Waals surface area (Å²) in [7, 11) is 1.62. The van der Waals surface area contributed by atoms with Crippen molar-refractivity contribution in [2.45, 2.75) is 6.42 Å². The van der Waals surface area contributed by atoms with Crippen molar-refractivity contribution in [3.05, 3.63) is 36.2 Å². The van der Waals surface area contributed by atoms with Gasteiger partial charge in [0.2, 0.25) is 5.91 Å². The number of hydrogen-bond donors (Lipinski definition) is 1. The Labute approximate surface area is 128 Å². The fraction of sp³-hybridized carbons (Fsp3) is 0.429. The summed E-state index contributed by atoms with van der Waals surface area (Å²) >= 11 is 0. The molecule has 0 saturated heterocycles. The van der Waals surface area contributed by atoms with Gasteiger partial charge < -0.3 is 14.8 Å². The minimum absolute atomic E-state index is 0.0366. The molecule has 0 unspecified atom stereocenters. The van der Waals surface area contributed by atoms with Gasteiger partial charge in [-0.15, -0.1) is 5.10 Å². The maximum Gasteiger partial charge on any atom is 0.224 e. The highest BCUT2D eigenvalue weighted by Gasteiger charge is 2.04. The van der Waals surface area contributed by atoms with Gasteiger partial charge in [-0.05, 0) is 28.1 Å². The largest absolute Gasteiger partial charge is 0.382 e. The van der Waals surface area contributed by atoms with E-state index in [4.69, 9.17) is 9.47 Å². The molecule has 8 heteroatoms. The molecule has 118 valence electrons. The number of methoxy groups -OCH3 is 1. The van der Waals surface area contributed by atoms with Gasteiger partial charge in [0.1, 0.15) is 6.33 Å². The van der Waals surface area contributed by atoms with E-state index < -0.39 is 0 Å². The number of amides is 1. The van der Waals surface area contributed by atoms with Crippen LogP contribution in [0.1, 0.15) is 5.56 Å². The second kappa shape index (κ2) is 8.85. The maximum atomic E-state index is 11.8. The van der Waals surface area contributed by atoms with Crippen molar-refractivity contribution in [3.8, 4) is 5.69 Å². The van der Waals surface area contributed by atoms with E-state index in [1.165, 1.54) is 6.33 Å². The fourth-order valence-corrected chi connectivity index (χ4v) is 1.80. The van der Waals surface area contributed by atoms with Crippen LogP contribution in [0.3, 0.4) is 0 Å². The SMILES string of the molecule is COCCOCCNC(=O)Cc1ccc(-n2cnnn2)cc1. The first-order chi connectivity index (χ1) is 10.8. The molecular formula is C14H19N5O3. The highest BCUT2D eigenvalue weighted by atomic mass is 16.5. The van der Waals surface area contributed by atoms with Crippen LogP contribution in [0.2, 0.25) is 0 Å². The van der Waals surface area contributed by atoms with Crippen molar-refractivity contribution in [2.75, 3.05) is 33.5 Å². The standard InChI is InChI=1S/C14H19N5O3/c1-21-8-9-22-7-6-15-14(20)10-12-2-4-13(5-3-12)19-11-16-17-18-19/h2-5,11H,6-10H2,1H3,(H,15,20). The second-order valence-electron chi connectivity index (χ2n) is 4.55. The van der Waals surface area contributed by atoms with E-state index in [1.807, 2.05) is 24.3 Å². The zero-order valence-corrected chi connectivity index (χ0v) is 12.4. The van der Waals surface area contributed by atoms with Crippen LogP contribution in [0.5, 0.6) is 0 Å². The Morgan fingerprint density at radius 3 is 2.73 bits per heavy atom. The van der Waals surface area contributed by atoms with Gasteiger partial charge in [0.15, 0.2) is 0 Å². The van der Waals surface area contributed by atoms with Crippen LogP contribution in [0.4, 0.5) is 0 Å². The molecule has 0 atom stereocenters. The van der Waals surface area contributed by atoms with Crippen LogP contribution in [-0.4, -0.2) is 59.6 Å². The minimum atomic E-state index is -0.0366. The van der Waals surface area contributed by atoms with Crippen molar-refractivity contribution >= 4 is 5.91 Å². The first-order valence-corrected chi connectivity index (χ1v) is 6.95. The average Bonchev–Trinajstić information content (AvgIpc) is 3.06. The van der Waals surface area contributed by atoms with Crippen molar-refractivity contribution < 1.29 is 14.3 Å². The Bertz CT molecular complexity index is 556. The molecule has 1 N–H and O–H groups in total. The number of carbonyl (C=O) groups is 1. The van der Waals surface area contributed by atoms with E-state index in [2.05, 4.69) is 20.8 Å². The lowest BCUT2D eigenvalue weighted by molar-refractivity contribution is -0.120. The number of ether oxygens (including phenoxy) is 2. The normalized spacial score (nSPS) is 10.6. The van der Waals surface area contributed by atoms with Crippen LogP contribution < -0.4 is 5.32 Å². The predicted octanol–water partition coefficient (Wildman–Crippen LogP) is -0.0160. The number of nitrogens with zero attached hydrogens (tertiary/aromatic N) is 4. The molecule has 0 aliphatic carbocycles. The Hall–Kier alpha value is -2.32. The van der Waals surface area contributed by atoms with E-state index in [9.17, 15) is 4.79 Å². The maximum absolute atomic E-state index is 11.8. The summed E-state index contributed by atoms with van der Waals surface area (Å²) in [5.74, 6) is -0.0366. The fourth-order valence-electron chi connectivity index (χ4n) is 1.80. The highest BCUT2D eigenvalue weighted by molar-refractivity contribution is 5.78. The summed E-state index contributed by atoms with van der Waals surface area (Å²) in [4.78, 5) is 11.8. The van der Waals surface area contributed by atoms with Crippen molar-refractivity contribution in [1.82, 2.24) is 25.5 Å². The van der Waals surface area contributed by atoms with Gasteiger partial charge in [0, 0.05) is 13.7 Å². The molecule has 0 spiro atoms. The lowest BCUT2D eigenvalue weighted by atomic mass is 10.1. The first-order valence-electron chi connectivity index (χ1n) is 6.95. The summed E-state index contributed by atoms with van der Waals surface area (Å²) in [6, 6.07) is 7.50. The van der Waals surface area contributed by atoms with Crippen LogP contribution >= 0.6 is 0 Å². The second-order valence-corrected chi connectivity index (χ2v) is 4.55. The van der Waals surface area contributed by atoms with Crippen molar-refractivity contribution in [1.29, 1.82) is 0 Å². The molecule has 22 heavy (non-hydrogen) atoms. The lowest BCUT2D eigenvalue weighted by Crippen LogP contribution is -2.29. The minimum Gasteiger partial charge on any atom is -0.382 e. The van der Waals surface area contributed by atoms with E-state index in [1.54, 1.807) is 11.8 Å². The third-order valence-electron chi connectivity index (χ3n) is 2.91. The Morgan fingerprint density at radius 1 is 1.23 bits per heavy atom. The molecule has 0 radical (unpaired) electrons. The molecule has 1 aromatic carbocycles. The molecule has 1 heterocycles. The Balaban J connectivity index is 1.70. The molecule has 0 aliphatic rings. The predicted molar refractivity (Wildman–Crippen MR) is 78.6 cm³/mol. The number of carbonyl (C=O) groups excluding carboxylic acids is 1. The number of benzene rings is 1. The number of tetrazole rings is 1. The number of hydrogen-bond acceptors (Lipinski definition) is 6. The molecule has 0 fully saturated rings. The molecule has 0 bridgehead atoms. The summed E-state index contributed by atoms with van der Waals surface area (Å²) in [6.07, 6.45) is 1.85. The smallest absolute Gasteiger partial charge is 0.224 e. The zero-order chi connectivity index (χ0) is 15.6. The third-order valence-corrected chi connectivity index (χ3v) is 2.91. The summed E-state index contributed by atoms with van der Waals surface area (Å²) in [5.41, 5.74) is 1.77. The molecule has 1 aromatic heterocycles. The molecule has 0 saturated carbocycles. The van der Waals surface area contributed by atoms with E-state index in [0.29, 0.717) is 32.8 Å². The van der Waals surface area contributed by atoms with Gasteiger partial charge in [-0.3, -0.25) is 4.79 Å². The highest BCUT2D eigenvalue weighted by Crippen LogP contribution is 2.08. The Kier molecular flexibility index (Phi) is 6.46. The number of nitrogens with one attached hydrogen (secondary N) is 1. The molecule has 2 aromatic rings. The molecular weight excluding hydrogens is 286 g/mol. The molecule has 0 aliphatic heterocycles. The summed E-state index contributed by atoms with van der Waals surface area (Å²) in [6.45, 7) is 2.06. The monoisotopic (exact) mass is 305 g/mol. The van der Waals surface area contributed by atoms with Gasteiger partial charge in [0.25, 0.3) is 0 Å². The van der Waals surface area contributed by atoms with Gasteiger partial charge in [-0.2, -0.15) is 0 Å². The molecule has 8 nitrogen and oxygen atoms in total. The van der Waals surface area contributed by atoms with E-state index in [-0.39, 0.29) is 5.91 Å². The van der Waals surface area contributed by atoms with Crippen molar-refractivity contribution in [2.24, 2.45) is 0 Å². The van der Waals surface area contributed by atoms with Crippen LogP contribution in [-0.2, 0) is 20.7 Å². The topological polar surface area (TPSA) is 91.2 Å². The lowest BCUT2D eigenvalue weighted by Gasteiger charge is -2.07. The van der Waals surface area contributed by atoms with E-state index >= 15 is 0 Å².